The number of nitrogens with two attached hydrogens (primary N) is 1. The summed E-state index contributed by atoms with van der Waals surface area (Å²) < 4.78 is 5.33. The maximum Gasteiger partial charge on any atom is 0.245 e. The Balaban J connectivity index is 2.23. The van der Waals surface area contributed by atoms with Crippen molar-refractivity contribution in [3.63, 3.8) is 0 Å². The molecule has 0 radical (unpaired) electrons. The molecule has 0 aliphatic carbocycles. The highest BCUT2D eigenvalue weighted by molar-refractivity contribution is 5.82. The first kappa shape index (κ1) is 11.3. The number of aromatic nitrogens is 4. The zero-order valence-electron chi connectivity index (χ0n) is 9.60. The molecule has 2 aromatic heterocycles. The van der Waals surface area contributed by atoms with Gasteiger partial charge in [0.05, 0.1) is 6.33 Å². The smallest absolute Gasteiger partial charge is 0.245 e. The lowest BCUT2D eigenvalue weighted by Gasteiger charge is -2.07. The third-order valence-corrected chi connectivity index (χ3v) is 2.26. The van der Waals surface area contributed by atoms with E-state index in [0.717, 1.165) is 0 Å². The van der Waals surface area contributed by atoms with Crippen molar-refractivity contribution in [3.05, 3.63) is 6.33 Å². The van der Waals surface area contributed by atoms with Gasteiger partial charge in [-0.05, 0) is 0 Å². The second kappa shape index (κ2) is 4.36. The van der Waals surface area contributed by atoms with Crippen molar-refractivity contribution in [2.24, 2.45) is 5.92 Å². The van der Waals surface area contributed by atoms with Gasteiger partial charge in [-0.25, -0.2) is 4.98 Å². The molecule has 0 aliphatic heterocycles. The van der Waals surface area contributed by atoms with Crippen molar-refractivity contribution >= 4 is 22.9 Å². The van der Waals surface area contributed by atoms with Crippen LogP contribution in [0, 0.1) is 5.92 Å². The van der Waals surface area contributed by atoms with Crippen molar-refractivity contribution in [2.45, 2.75) is 13.8 Å². The number of ketones is 1. The van der Waals surface area contributed by atoms with Crippen LogP contribution in [0.1, 0.15) is 13.8 Å². The van der Waals surface area contributed by atoms with Gasteiger partial charge in [0.25, 0.3) is 0 Å². The van der Waals surface area contributed by atoms with Gasteiger partial charge in [-0.3, -0.25) is 4.79 Å². The number of hydrogen-bond acceptors (Lipinski definition) is 6. The van der Waals surface area contributed by atoms with Crippen LogP contribution in [-0.2, 0) is 4.79 Å². The average molecular weight is 235 g/mol. The van der Waals surface area contributed by atoms with Crippen LogP contribution >= 0.6 is 0 Å². The molecular formula is C10H13N5O2. The van der Waals surface area contributed by atoms with E-state index in [1.54, 1.807) is 0 Å². The zero-order valence-corrected chi connectivity index (χ0v) is 9.60. The van der Waals surface area contributed by atoms with Gasteiger partial charge in [0.15, 0.2) is 11.4 Å². The van der Waals surface area contributed by atoms with Crippen molar-refractivity contribution < 1.29 is 9.53 Å². The molecule has 0 bridgehead atoms. The fourth-order valence-electron chi connectivity index (χ4n) is 1.23. The summed E-state index contributed by atoms with van der Waals surface area (Å²) in [6, 6.07) is 0. The van der Waals surface area contributed by atoms with E-state index in [1.165, 1.54) is 6.33 Å². The van der Waals surface area contributed by atoms with E-state index in [0.29, 0.717) is 11.2 Å². The van der Waals surface area contributed by atoms with Crippen molar-refractivity contribution in [1.29, 1.82) is 0 Å². The standard InChI is InChI=1S/C10H13N5O2/c1-5(2)6(16)3-17-9-7-8(13-4-12-7)14-10(11)15-9/h4-5H,3H2,1-2H3,(H3,11,12,13,14,15). The van der Waals surface area contributed by atoms with Crippen molar-refractivity contribution in [2.75, 3.05) is 12.3 Å². The molecule has 0 atom stereocenters. The average Bonchev–Trinajstić information content (AvgIpc) is 2.72. The molecule has 0 saturated heterocycles. The van der Waals surface area contributed by atoms with E-state index >= 15 is 0 Å². The normalized spacial score (nSPS) is 11.0. The Morgan fingerprint density at radius 2 is 2.29 bits per heavy atom. The van der Waals surface area contributed by atoms with E-state index in [1.807, 2.05) is 13.8 Å². The van der Waals surface area contributed by atoms with Gasteiger partial charge in [0.1, 0.15) is 12.1 Å². The van der Waals surface area contributed by atoms with E-state index in [2.05, 4.69) is 19.9 Å². The lowest BCUT2D eigenvalue weighted by molar-refractivity contribution is -0.123. The summed E-state index contributed by atoms with van der Waals surface area (Å²) in [4.78, 5) is 26.1. The Labute approximate surface area is 97.4 Å². The number of nitrogens with zero attached hydrogens (tertiary/aromatic N) is 3. The van der Waals surface area contributed by atoms with E-state index in [9.17, 15) is 4.79 Å². The van der Waals surface area contributed by atoms with E-state index in [-0.39, 0.29) is 30.1 Å². The molecule has 2 aromatic rings. The monoisotopic (exact) mass is 235 g/mol. The first-order valence-corrected chi connectivity index (χ1v) is 5.20. The van der Waals surface area contributed by atoms with Gasteiger partial charge in [-0.2, -0.15) is 9.97 Å². The number of H-pyrrole nitrogens is 1. The SMILES string of the molecule is CC(C)C(=O)COc1nc(N)nc2nc[nH]c12. The maximum absolute atomic E-state index is 11.4. The Morgan fingerprint density at radius 3 is 3.00 bits per heavy atom. The molecule has 2 heterocycles. The molecule has 7 heteroatoms. The molecule has 7 nitrogen and oxygen atoms in total. The first-order valence-electron chi connectivity index (χ1n) is 5.20. The second-order valence-corrected chi connectivity index (χ2v) is 3.90. The summed E-state index contributed by atoms with van der Waals surface area (Å²) in [6.45, 7) is 3.58. The number of anilines is 1. The van der Waals surface area contributed by atoms with Crippen LogP contribution in [0.2, 0.25) is 0 Å². The Hall–Kier alpha value is -2.18. The quantitative estimate of drug-likeness (QED) is 0.800. The largest absolute Gasteiger partial charge is 0.468 e. The van der Waals surface area contributed by atoms with Crippen LogP contribution in [0.25, 0.3) is 11.2 Å². The molecule has 2 rings (SSSR count). The Bertz CT molecular complexity index is 549. The van der Waals surface area contributed by atoms with Crippen LogP contribution in [0.15, 0.2) is 6.33 Å². The molecule has 90 valence electrons. The van der Waals surface area contributed by atoms with Gasteiger partial charge in [0, 0.05) is 5.92 Å². The minimum atomic E-state index is -0.0774. The fraction of sp³-hybridized carbons (Fsp3) is 0.400. The molecule has 17 heavy (non-hydrogen) atoms. The summed E-state index contributed by atoms with van der Waals surface area (Å²) in [5.74, 6) is 0.233. The number of imidazole rings is 1. The topological polar surface area (TPSA) is 107 Å². The third-order valence-electron chi connectivity index (χ3n) is 2.26. The summed E-state index contributed by atoms with van der Waals surface area (Å²) >= 11 is 0. The number of nitrogen functional groups attached to an aromatic ring is 1. The number of hydrogen-bond donors (Lipinski definition) is 2. The highest BCUT2D eigenvalue weighted by Gasteiger charge is 2.13. The number of fused-ring (bicyclic) bond motifs is 1. The van der Waals surface area contributed by atoms with Crippen LogP contribution in [0.5, 0.6) is 5.88 Å². The van der Waals surface area contributed by atoms with Gasteiger partial charge >= 0.3 is 0 Å². The lowest BCUT2D eigenvalue weighted by Crippen LogP contribution is -2.17. The second-order valence-electron chi connectivity index (χ2n) is 3.90. The third kappa shape index (κ3) is 2.32. The summed E-state index contributed by atoms with van der Waals surface area (Å²) in [7, 11) is 0. The molecule has 0 amide bonds. The number of nitrogens with one attached hydrogen (secondary N) is 1. The summed E-state index contributed by atoms with van der Waals surface area (Å²) in [5, 5.41) is 0. The van der Waals surface area contributed by atoms with Gasteiger partial charge in [0.2, 0.25) is 11.8 Å². The zero-order chi connectivity index (χ0) is 12.4. The minimum absolute atomic E-state index is 0.00477. The van der Waals surface area contributed by atoms with Crippen LogP contribution < -0.4 is 10.5 Å². The summed E-state index contributed by atoms with van der Waals surface area (Å²) in [6.07, 6.45) is 1.47. The van der Waals surface area contributed by atoms with Crippen molar-refractivity contribution in [3.8, 4) is 5.88 Å². The molecule has 0 aliphatic rings. The number of carbonyl (C=O) groups excluding carboxylic acids is 1. The number of Topliss-reactive ketones (excluding diaryl/α,β-unsaturated/α-hetero) is 1. The number of rotatable bonds is 4. The highest BCUT2D eigenvalue weighted by Crippen LogP contribution is 2.19. The lowest BCUT2D eigenvalue weighted by atomic mass is 10.1. The predicted octanol–water partition coefficient (Wildman–Crippen LogP) is 0.539. The van der Waals surface area contributed by atoms with E-state index in [4.69, 9.17) is 10.5 Å². The van der Waals surface area contributed by atoms with Crippen LogP contribution in [0.4, 0.5) is 5.95 Å². The van der Waals surface area contributed by atoms with Crippen molar-refractivity contribution in [1.82, 2.24) is 19.9 Å². The molecule has 0 unspecified atom stereocenters. The van der Waals surface area contributed by atoms with Crippen LogP contribution in [-0.4, -0.2) is 32.3 Å². The van der Waals surface area contributed by atoms with Gasteiger partial charge < -0.3 is 15.5 Å². The minimum Gasteiger partial charge on any atom is -0.468 e. The van der Waals surface area contributed by atoms with Gasteiger partial charge in [-0.15, -0.1) is 0 Å². The molecule has 0 fully saturated rings. The Kier molecular flexibility index (Phi) is 2.90. The molecule has 0 spiro atoms. The van der Waals surface area contributed by atoms with Gasteiger partial charge in [-0.1, -0.05) is 13.8 Å². The summed E-state index contributed by atoms with van der Waals surface area (Å²) in [5.41, 5.74) is 6.47. The number of aromatic amines is 1. The highest BCUT2D eigenvalue weighted by atomic mass is 16.5. The van der Waals surface area contributed by atoms with Crippen LogP contribution in [0.3, 0.4) is 0 Å². The molecule has 3 N–H and O–H groups in total. The molecular weight excluding hydrogens is 222 g/mol. The molecule has 0 saturated carbocycles. The first-order chi connectivity index (χ1) is 8.08. The number of carbonyl (C=O) groups is 1. The number of ether oxygens (including phenoxy) is 1. The fourth-order valence-corrected chi connectivity index (χ4v) is 1.23. The van der Waals surface area contributed by atoms with E-state index < -0.39 is 0 Å². The predicted molar refractivity (Wildman–Crippen MR) is 61.4 cm³/mol. The Morgan fingerprint density at radius 1 is 1.53 bits per heavy atom. The maximum atomic E-state index is 11.4. The molecule has 0 aromatic carbocycles.